The van der Waals surface area contributed by atoms with Gasteiger partial charge in [0.05, 0.1) is 23.5 Å². The fraction of sp³-hybridized carbons (Fsp3) is 0.923. The van der Waals surface area contributed by atoms with Crippen LogP contribution in [0.5, 0.6) is 0 Å². The second-order valence-electron chi connectivity index (χ2n) is 5.81. The van der Waals surface area contributed by atoms with Gasteiger partial charge in [-0.3, -0.25) is 4.79 Å². The Morgan fingerprint density at radius 2 is 2.00 bits per heavy atom. The first kappa shape index (κ1) is 14.8. The van der Waals surface area contributed by atoms with Gasteiger partial charge in [0.2, 0.25) is 0 Å². The zero-order valence-corrected chi connectivity index (χ0v) is 12.1. The van der Waals surface area contributed by atoms with E-state index >= 15 is 0 Å². The number of carboxylic acid groups (broad SMARTS) is 1. The third-order valence-electron chi connectivity index (χ3n) is 4.57. The maximum absolute atomic E-state index is 11.6. The van der Waals surface area contributed by atoms with Crippen LogP contribution in [0.15, 0.2) is 0 Å². The Hall–Kier alpha value is -0.620. The van der Waals surface area contributed by atoms with Crippen LogP contribution < -0.4 is 0 Å². The highest BCUT2D eigenvalue weighted by molar-refractivity contribution is 7.91. The third kappa shape index (κ3) is 3.48. The molecule has 6 heteroatoms. The van der Waals surface area contributed by atoms with E-state index in [1.165, 1.54) is 0 Å². The van der Waals surface area contributed by atoms with Crippen LogP contribution in [-0.2, 0) is 19.4 Å². The van der Waals surface area contributed by atoms with E-state index in [-0.39, 0.29) is 29.4 Å². The van der Waals surface area contributed by atoms with Crippen LogP contribution in [-0.4, -0.2) is 44.2 Å². The lowest BCUT2D eigenvalue weighted by Gasteiger charge is -2.34. The van der Waals surface area contributed by atoms with Gasteiger partial charge in [0.25, 0.3) is 0 Å². The number of ether oxygens (including phenoxy) is 1. The first-order chi connectivity index (χ1) is 8.93. The summed E-state index contributed by atoms with van der Waals surface area (Å²) in [5, 5.41) is 9.48. The predicted molar refractivity (Wildman–Crippen MR) is 70.6 cm³/mol. The molecule has 1 N–H and O–H groups in total. The Kier molecular flexibility index (Phi) is 4.50. The van der Waals surface area contributed by atoms with E-state index in [1.807, 2.05) is 0 Å². The maximum Gasteiger partial charge on any atom is 0.307 e. The molecule has 4 unspecified atom stereocenters. The molecule has 1 heterocycles. The molecule has 2 rings (SSSR count). The van der Waals surface area contributed by atoms with Crippen molar-refractivity contribution in [1.82, 2.24) is 0 Å². The highest BCUT2D eigenvalue weighted by Gasteiger charge is 2.42. The van der Waals surface area contributed by atoms with Crippen LogP contribution in [0.1, 0.15) is 32.1 Å². The second kappa shape index (κ2) is 5.79. The molecule has 19 heavy (non-hydrogen) atoms. The Morgan fingerprint density at radius 3 is 2.53 bits per heavy atom. The maximum atomic E-state index is 11.6. The monoisotopic (exact) mass is 290 g/mol. The number of carboxylic acids is 1. The van der Waals surface area contributed by atoms with Crippen LogP contribution in [0.2, 0.25) is 0 Å². The summed E-state index contributed by atoms with van der Waals surface area (Å²) in [6, 6.07) is 0. The Morgan fingerprint density at radius 1 is 1.26 bits per heavy atom. The number of sulfone groups is 1. The van der Waals surface area contributed by atoms with E-state index in [1.54, 1.807) is 7.11 Å². The van der Waals surface area contributed by atoms with Crippen molar-refractivity contribution in [3.63, 3.8) is 0 Å². The van der Waals surface area contributed by atoms with Gasteiger partial charge in [-0.05, 0) is 37.5 Å². The van der Waals surface area contributed by atoms with Crippen molar-refractivity contribution >= 4 is 15.8 Å². The van der Waals surface area contributed by atoms with E-state index in [0.717, 1.165) is 25.7 Å². The minimum atomic E-state index is -3.03. The van der Waals surface area contributed by atoms with Gasteiger partial charge in [-0.2, -0.15) is 0 Å². The minimum absolute atomic E-state index is 0.0398. The molecule has 0 radical (unpaired) electrons. The summed E-state index contributed by atoms with van der Waals surface area (Å²) in [5.74, 6) is -1.36. The van der Waals surface area contributed by atoms with Crippen LogP contribution in [0.3, 0.4) is 0 Å². The van der Waals surface area contributed by atoms with E-state index in [4.69, 9.17) is 4.74 Å². The fourth-order valence-corrected chi connectivity index (χ4v) is 5.47. The quantitative estimate of drug-likeness (QED) is 0.844. The summed E-state index contributed by atoms with van der Waals surface area (Å²) in [6.45, 7) is 0. The van der Waals surface area contributed by atoms with Crippen molar-refractivity contribution in [2.45, 2.75) is 38.2 Å². The van der Waals surface area contributed by atoms with Crippen LogP contribution >= 0.6 is 0 Å². The standard InChI is InChI=1S/C13H22O5S/c1-18-11-4-2-3-9(7-11)12(13(14)15)10-5-6-19(16,17)8-10/h9-12H,2-8H2,1H3,(H,14,15). The molecule has 0 bridgehead atoms. The van der Waals surface area contributed by atoms with E-state index < -0.39 is 21.7 Å². The molecule has 4 atom stereocenters. The van der Waals surface area contributed by atoms with Gasteiger partial charge in [0, 0.05) is 7.11 Å². The summed E-state index contributed by atoms with van der Waals surface area (Å²) in [5.41, 5.74) is 0. The molecule has 110 valence electrons. The molecule has 1 saturated carbocycles. The highest BCUT2D eigenvalue weighted by Crippen LogP contribution is 2.39. The molecule has 0 aromatic rings. The van der Waals surface area contributed by atoms with Crippen molar-refractivity contribution in [2.75, 3.05) is 18.6 Å². The Balaban J connectivity index is 2.10. The minimum Gasteiger partial charge on any atom is -0.481 e. The number of rotatable bonds is 4. The molecule has 0 aromatic carbocycles. The van der Waals surface area contributed by atoms with Crippen molar-refractivity contribution in [3.8, 4) is 0 Å². The van der Waals surface area contributed by atoms with Gasteiger partial charge in [-0.15, -0.1) is 0 Å². The number of carbonyl (C=O) groups is 1. The molecule has 5 nitrogen and oxygen atoms in total. The lowest BCUT2D eigenvalue weighted by atomic mass is 9.73. The van der Waals surface area contributed by atoms with Crippen molar-refractivity contribution in [2.24, 2.45) is 17.8 Å². The number of hydrogen-bond acceptors (Lipinski definition) is 4. The van der Waals surface area contributed by atoms with E-state index in [9.17, 15) is 18.3 Å². The smallest absolute Gasteiger partial charge is 0.307 e. The third-order valence-corrected chi connectivity index (χ3v) is 6.36. The molecule has 2 aliphatic rings. The molecule has 0 spiro atoms. The average molecular weight is 290 g/mol. The summed E-state index contributed by atoms with van der Waals surface area (Å²) in [4.78, 5) is 11.6. The van der Waals surface area contributed by atoms with Crippen LogP contribution in [0, 0.1) is 17.8 Å². The first-order valence-corrected chi connectivity index (χ1v) is 8.71. The summed E-state index contributed by atoms with van der Waals surface area (Å²) < 4.78 is 28.5. The van der Waals surface area contributed by atoms with Gasteiger partial charge in [0.15, 0.2) is 9.84 Å². The molecule has 2 fully saturated rings. The second-order valence-corrected chi connectivity index (χ2v) is 8.04. The van der Waals surface area contributed by atoms with E-state index in [0.29, 0.717) is 6.42 Å². The molecule has 1 aliphatic heterocycles. The average Bonchev–Trinajstić information content (AvgIpc) is 2.69. The largest absolute Gasteiger partial charge is 0.481 e. The topological polar surface area (TPSA) is 80.7 Å². The number of methoxy groups -OCH3 is 1. The van der Waals surface area contributed by atoms with Crippen LogP contribution in [0.4, 0.5) is 0 Å². The molecule has 1 aliphatic carbocycles. The summed E-state index contributed by atoms with van der Waals surface area (Å²) >= 11 is 0. The van der Waals surface area contributed by atoms with E-state index in [2.05, 4.69) is 0 Å². The van der Waals surface area contributed by atoms with Gasteiger partial charge < -0.3 is 9.84 Å². The molecule has 0 aromatic heterocycles. The highest BCUT2D eigenvalue weighted by atomic mass is 32.2. The molecule has 0 amide bonds. The van der Waals surface area contributed by atoms with Crippen molar-refractivity contribution in [1.29, 1.82) is 0 Å². The molecule has 1 saturated heterocycles. The van der Waals surface area contributed by atoms with Gasteiger partial charge in [0.1, 0.15) is 0 Å². The Labute approximate surface area is 114 Å². The van der Waals surface area contributed by atoms with Crippen molar-refractivity contribution in [3.05, 3.63) is 0 Å². The molecular weight excluding hydrogens is 268 g/mol. The normalized spacial score (nSPS) is 35.9. The zero-order chi connectivity index (χ0) is 14.0. The number of aliphatic carboxylic acids is 1. The van der Waals surface area contributed by atoms with Gasteiger partial charge in [-0.1, -0.05) is 6.42 Å². The van der Waals surface area contributed by atoms with Gasteiger partial charge >= 0.3 is 5.97 Å². The fourth-order valence-electron chi connectivity index (χ4n) is 3.62. The van der Waals surface area contributed by atoms with Gasteiger partial charge in [-0.25, -0.2) is 8.42 Å². The van der Waals surface area contributed by atoms with Crippen molar-refractivity contribution < 1.29 is 23.1 Å². The lowest BCUT2D eigenvalue weighted by Crippen LogP contribution is -2.36. The summed E-state index contributed by atoms with van der Waals surface area (Å²) in [7, 11) is -1.37. The Bertz CT molecular complexity index is 430. The zero-order valence-electron chi connectivity index (χ0n) is 11.2. The number of hydrogen-bond donors (Lipinski definition) is 1. The SMILES string of the molecule is COC1CCCC(C(C(=O)O)C2CCS(=O)(=O)C2)C1. The lowest BCUT2D eigenvalue weighted by molar-refractivity contribution is -0.147. The predicted octanol–water partition coefficient (Wildman–Crippen LogP) is 1.33. The first-order valence-electron chi connectivity index (χ1n) is 6.89. The van der Waals surface area contributed by atoms with Crippen LogP contribution in [0.25, 0.3) is 0 Å². The molecular formula is C13H22O5S. The summed E-state index contributed by atoms with van der Waals surface area (Å²) in [6.07, 6.45) is 4.16.